The number of halogens is 1. The molecule has 0 aliphatic carbocycles. The number of methoxy groups -OCH3 is 1. The fourth-order valence-corrected chi connectivity index (χ4v) is 2.21. The summed E-state index contributed by atoms with van der Waals surface area (Å²) in [5.74, 6) is 0.555. The first kappa shape index (κ1) is 15.1. The van der Waals surface area contributed by atoms with Crippen molar-refractivity contribution >= 4 is 23.0 Å². The van der Waals surface area contributed by atoms with E-state index in [1.165, 1.54) is 0 Å². The van der Waals surface area contributed by atoms with Crippen molar-refractivity contribution in [1.82, 2.24) is 0 Å². The van der Waals surface area contributed by atoms with E-state index < -0.39 is 0 Å². The molecule has 0 spiro atoms. The molecule has 102 valence electrons. The lowest BCUT2D eigenvalue weighted by molar-refractivity contribution is 0.204. The van der Waals surface area contributed by atoms with Crippen molar-refractivity contribution in [2.24, 2.45) is 5.92 Å². The summed E-state index contributed by atoms with van der Waals surface area (Å²) in [4.78, 5) is 2.25. The highest BCUT2D eigenvalue weighted by atomic mass is 35.5. The largest absolute Gasteiger partial charge is 0.397 e. The van der Waals surface area contributed by atoms with E-state index in [1.807, 2.05) is 19.1 Å². The number of ether oxygens (including phenoxy) is 1. The molecule has 2 N–H and O–H groups in total. The van der Waals surface area contributed by atoms with Gasteiger partial charge in [-0.1, -0.05) is 25.4 Å². The average Bonchev–Trinajstić information content (AvgIpc) is 2.30. The fourth-order valence-electron chi connectivity index (χ4n) is 2.05. The lowest BCUT2D eigenvalue weighted by Crippen LogP contribution is -2.32. The number of hydrogen-bond acceptors (Lipinski definition) is 3. The molecule has 0 atom stereocenters. The van der Waals surface area contributed by atoms with Gasteiger partial charge in [0.25, 0.3) is 0 Å². The summed E-state index contributed by atoms with van der Waals surface area (Å²) in [6, 6.07) is 3.71. The van der Waals surface area contributed by atoms with E-state index in [-0.39, 0.29) is 0 Å². The molecule has 0 aromatic heterocycles. The third-order valence-corrected chi connectivity index (χ3v) is 3.27. The molecule has 0 radical (unpaired) electrons. The van der Waals surface area contributed by atoms with E-state index in [2.05, 4.69) is 18.7 Å². The molecule has 0 saturated carbocycles. The molecule has 0 fully saturated rings. The molecule has 1 aromatic carbocycles. The minimum atomic E-state index is 0.555. The number of rotatable bonds is 6. The normalized spacial score (nSPS) is 11.0. The summed E-state index contributed by atoms with van der Waals surface area (Å²) in [5.41, 5.74) is 8.94. The van der Waals surface area contributed by atoms with E-state index in [9.17, 15) is 0 Å². The average molecular weight is 271 g/mol. The lowest BCUT2D eigenvalue weighted by atomic mass is 10.1. The van der Waals surface area contributed by atoms with Gasteiger partial charge in [-0.05, 0) is 30.5 Å². The third-order valence-electron chi connectivity index (χ3n) is 2.86. The maximum Gasteiger partial charge on any atom is 0.0645 e. The monoisotopic (exact) mass is 270 g/mol. The molecule has 4 heteroatoms. The van der Waals surface area contributed by atoms with E-state index in [0.717, 1.165) is 35.1 Å². The Morgan fingerprint density at radius 2 is 2.06 bits per heavy atom. The van der Waals surface area contributed by atoms with Crippen LogP contribution in [0.4, 0.5) is 11.4 Å². The number of nitrogens with zero attached hydrogens (tertiary/aromatic N) is 1. The van der Waals surface area contributed by atoms with Crippen LogP contribution in [0.3, 0.4) is 0 Å². The van der Waals surface area contributed by atoms with Crippen molar-refractivity contribution < 1.29 is 4.74 Å². The molecule has 0 unspecified atom stereocenters. The molecule has 3 nitrogen and oxygen atoms in total. The van der Waals surface area contributed by atoms with Crippen molar-refractivity contribution in [1.29, 1.82) is 0 Å². The van der Waals surface area contributed by atoms with Crippen LogP contribution in [-0.2, 0) is 4.74 Å². The Balaban J connectivity index is 3.07. The van der Waals surface area contributed by atoms with Crippen LogP contribution in [0.15, 0.2) is 12.1 Å². The summed E-state index contributed by atoms with van der Waals surface area (Å²) in [5, 5.41) is 0.755. The van der Waals surface area contributed by atoms with Crippen LogP contribution in [0.25, 0.3) is 0 Å². The predicted molar refractivity (Wildman–Crippen MR) is 79.5 cm³/mol. The molecule has 1 rings (SSSR count). The number of nitrogens with two attached hydrogens (primary N) is 1. The van der Waals surface area contributed by atoms with Gasteiger partial charge in [0.1, 0.15) is 0 Å². The molecule has 1 aromatic rings. The molecule has 0 bridgehead atoms. The molecular formula is C14H23ClN2O. The first-order chi connectivity index (χ1) is 8.47. The van der Waals surface area contributed by atoms with Gasteiger partial charge in [0.2, 0.25) is 0 Å². The Morgan fingerprint density at radius 1 is 1.39 bits per heavy atom. The van der Waals surface area contributed by atoms with Gasteiger partial charge in [-0.3, -0.25) is 0 Å². The molecule has 0 aliphatic heterocycles. The van der Waals surface area contributed by atoms with E-state index in [1.54, 1.807) is 7.11 Å². The minimum absolute atomic E-state index is 0.555. The van der Waals surface area contributed by atoms with Gasteiger partial charge in [0.05, 0.1) is 18.0 Å². The first-order valence-electron chi connectivity index (χ1n) is 6.25. The Kier molecular flexibility index (Phi) is 5.76. The lowest BCUT2D eigenvalue weighted by Gasteiger charge is -2.29. The first-order valence-corrected chi connectivity index (χ1v) is 6.63. The second kappa shape index (κ2) is 6.86. The zero-order valence-electron chi connectivity index (χ0n) is 11.7. The van der Waals surface area contributed by atoms with Gasteiger partial charge in [-0.2, -0.15) is 0 Å². The highest BCUT2D eigenvalue weighted by molar-refractivity contribution is 6.32. The summed E-state index contributed by atoms with van der Waals surface area (Å²) in [6.45, 7) is 8.83. The van der Waals surface area contributed by atoms with Gasteiger partial charge in [0, 0.05) is 25.2 Å². The number of nitrogen functional groups attached to an aromatic ring is 1. The number of anilines is 2. The van der Waals surface area contributed by atoms with E-state index >= 15 is 0 Å². The topological polar surface area (TPSA) is 38.5 Å². The summed E-state index contributed by atoms with van der Waals surface area (Å²) in [6.07, 6.45) is 0. The Morgan fingerprint density at radius 3 is 2.61 bits per heavy atom. The standard InChI is InChI=1S/C14H23ClN2O/c1-10(2)9-17(7-8-18-4)14-11(3)12(15)5-6-13(14)16/h5-6,10H,7-9,16H2,1-4H3. The van der Waals surface area contributed by atoms with E-state index in [4.69, 9.17) is 22.1 Å². The quantitative estimate of drug-likeness (QED) is 0.806. The Labute approximate surface area is 115 Å². The predicted octanol–water partition coefficient (Wildman–Crippen LogP) is 3.34. The highest BCUT2D eigenvalue weighted by Gasteiger charge is 2.15. The number of benzene rings is 1. The van der Waals surface area contributed by atoms with Crippen LogP contribution in [0, 0.1) is 12.8 Å². The minimum Gasteiger partial charge on any atom is -0.397 e. The second-order valence-corrected chi connectivity index (χ2v) is 5.35. The smallest absolute Gasteiger partial charge is 0.0645 e. The van der Waals surface area contributed by atoms with Gasteiger partial charge < -0.3 is 15.4 Å². The summed E-state index contributed by atoms with van der Waals surface area (Å²) >= 11 is 6.19. The third kappa shape index (κ3) is 3.79. The SMILES string of the molecule is COCCN(CC(C)C)c1c(N)ccc(Cl)c1C. The Bertz CT molecular complexity index is 394. The van der Waals surface area contributed by atoms with E-state index in [0.29, 0.717) is 12.5 Å². The highest BCUT2D eigenvalue weighted by Crippen LogP contribution is 2.33. The maximum atomic E-state index is 6.19. The van der Waals surface area contributed by atoms with Crippen molar-refractivity contribution in [3.63, 3.8) is 0 Å². The Hall–Kier alpha value is -0.930. The molecule has 0 aliphatic rings. The molecule has 0 saturated heterocycles. The van der Waals surface area contributed by atoms with Crippen molar-refractivity contribution in [3.05, 3.63) is 22.7 Å². The van der Waals surface area contributed by atoms with Crippen molar-refractivity contribution in [3.8, 4) is 0 Å². The molecule has 0 heterocycles. The van der Waals surface area contributed by atoms with Gasteiger partial charge in [-0.25, -0.2) is 0 Å². The second-order valence-electron chi connectivity index (χ2n) is 4.94. The maximum absolute atomic E-state index is 6.19. The van der Waals surface area contributed by atoms with Crippen LogP contribution in [0.1, 0.15) is 19.4 Å². The molecular weight excluding hydrogens is 248 g/mol. The van der Waals surface area contributed by atoms with Crippen LogP contribution in [0.2, 0.25) is 5.02 Å². The van der Waals surface area contributed by atoms with Crippen LogP contribution < -0.4 is 10.6 Å². The van der Waals surface area contributed by atoms with Gasteiger partial charge >= 0.3 is 0 Å². The van der Waals surface area contributed by atoms with Gasteiger partial charge in [-0.15, -0.1) is 0 Å². The van der Waals surface area contributed by atoms with Crippen molar-refractivity contribution in [2.45, 2.75) is 20.8 Å². The fraction of sp³-hybridized carbons (Fsp3) is 0.571. The summed E-state index contributed by atoms with van der Waals surface area (Å²) in [7, 11) is 1.71. The van der Waals surface area contributed by atoms with Crippen LogP contribution in [-0.4, -0.2) is 26.8 Å². The molecule has 18 heavy (non-hydrogen) atoms. The van der Waals surface area contributed by atoms with Crippen LogP contribution >= 0.6 is 11.6 Å². The van der Waals surface area contributed by atoms with Crippen molar-refractivity contribution in [2.75, 3.05) is 37.4 Å². The van der Waals surface area contributed by atoms with Gasteiger partial charge in [0.15, 0.2) is 0 Å². The number of hydrogen-bond donors (Lipinski definition) is 1. The molecule has 0 amide bonds. The summed E-state index contributed by atoms with van der Waals surface area (Å²) < 4.78 is 5.17. The van der Waals surface area contributed by atoms with Crippen LogP contribution in [0.5, 0.6) is 0 Å². The zero-order valence-corrected chi connectivity index (χ0v) is 12.4. The zero-order chi connectivity index (χ0) is 13.7.